The molecule has 1 amide bonds. The predicted molar refractivity (Wildman–Crippen MR) is 64.0 cm³/mol. The van der Waals surface area contributed by atoms with Crippen LogP contribution in [0.3, 0.4) is 0 Å². The molecule has 2 N–H and O–H groups in total. The van der Waals surface area contributed by atoms with E-state index in [1.54, 1.807) is 13.8 Å². The fourth-order valence-corrected chi connectivity index (χ4v) is 2.12. The molecule has 8 heteroatoms. The van der Waals surface area contributed by atoms with Crippen LogP contribution in [0.5, 0.6) is 0 Å². The van der Waals surface area contributed by atoms with Crippen molar-refractivity contribution in [2.24, 2.45) is 11.0 Å². The SMILES string of the molecule is COC(=O)[C@@H]1C[C@@H](O)CN1C(=O)[C@@H](N=[N+]=N)C(C)C. The Hall–Kier alpha value is -1.79. The van der Waals surface area contributed by atoms with Gasteiger partial charge in [-0.2, -0.15) is 0 Å². The number of ether oxygens (including phenoxy) is 1. The van der Waals surface area contributed by atoms with Crippen LogP contribution in [0.25, 0.3) is 0 Å². The number of carbonyl (C=O) groups is 2. The number of hydrogen-bond acceptors (Lipinski definition) is 6. The summed E-state index contributed by atoms with van der Waals surface area (Å²) in [4.78, 5) is 28.1. The second-order valence-corrected chi connectivity index (χ2v) is 4.82. The lowest BCUT2D eigenvalue weighted by Gasteiger charge is -2.24. The summed E-state index contributed by atoms with van der Waals surface area (Å²) < 4.78 is 4.63. The Kier molecular flexibility index (Phi) is 5.14. The molecule has 3 atom stereocenters. The second-order valence-electron chi connectivity index (χ2n) is 4.82. The van der Waals surface area contributed by atoms with Gasteiger partial charge in [0.15, 0.2) is 0 Å². The molecule has 0 saturated carbocycles. The van der Waals surface area contributed by atoms with Gasteiger partial charge in [0.25, 0.3) is 5.91 Å². The highest BCUT2D eigenvalue weighted by Crippen LogP contribution is 2.22. The fraction of sp³-hybridized carbons (Fsp3) is 0.818. The van der Waals surface area contributed by atoms with Crippen molar-refractivity contribution < 1.29 is 19.4 Å². The van der Waals surface area contributed by atoms with Gasteiger partial charge >= 0.3 is 5.97 Å². The number of nitrogens with zero attached hydrogens (tertiary/aromatic N) is 3. The summed E-state index contributed by atoms with van der Waals surface area (Å²) in [6.07, 6.45) is -0.602. The van der Waals surface area contributed by atoms with Gasteiger partial charge < -0.3 is 14.7 Å². The molecule has 0 radical (unpaired) electrons. The van der Waals surface area contributed by atoms with Crippen molar-refractivity contribution in [3.05, 3.63) is 0 Å². The summed E-state index contributed by atoms with van der Waals surface area (Å²) in [5.41, 5.74) is 6.75. The van der Waals surface area contributed by atoms with Crippen molar-refractivity contribution in [1.82, 2.24) is 9.81 Å². The number of likely N-dealkylation sites (tertiary alicyclic amines) is 1. The van der Waals surface area contributed by atoms with Crippen LogP contribution in [0.15, 0.2) is 5.11 Å². The van der Waals surface area contributed by atoms with Crippen LogP contribution in [0.4, 0.5) is 0 Å². The number of methoxy groups -OCH3 is 1. The zero-order valence-corrected chi connectivity index (χ0v) is 11.2. The van der Waals surface area contributed by atoms with Crippen LogP contribution in [0.1, 0.15) is 20.3 Å². The molecular formula is C11H19N4O4+. The molecule has 0 aliphatic carbocycles. The molecule has 106 valence electrons. The van der Waals surface area contributed by atoms with Crippen molar-refractivity contribution >= 4 is 11.9 Å². The molecule has 0 aromatic heterocycles. The highest BCUT2D eigenvalue weighted by atomic mass is 16.5. The first-order valence-corrected chi connectivity index (χ1v) is 6.05. The molecule has 1 heterocycles. The third-order valence-corrected chi connectivity index (χ3v) is 3.10. The van der Waals surface area contributed by atoms with Gasteiger partial charge in [0.1, 0.15) is 16.7 Å². The highest BCUT2D eigenvalue weighted by molar-refractivity contribution is 5.88. The summed E-state index contributed by atoms with van der Waals surface area (Å²) in [7, 11) is 1.24. The molecule has 1 aliphatic heterocycles. The topological polar surface area (TPSA) is 117 Å². The van der Waals surface area contributed by atoms with Gasteiger partial charge in [-0.15, -0.1) is 0 Å². The van der Waals surface area contributed by atoms with Gasteiger partial charge in [0, 0.05) is 13.0 Å². The maximum absolute atomic E-state index is 12.3. The van der Waals surface area contributed by atoms with E-state index in [0.29, 0.717) is 0 Å². The number of carbonyl (C=O) groups excluding carboxylic acids is 2. The van der Waals surface area contributed by atoms with Gasteiger partial charge in [-0.3, -0.25) is 4.79 Å². The van der Waals surface area contributed by atoms with E-state index in [1.807, 2.05) is 0 Å². The van der Waals surface area contributed by atoms with Crippen molar-refractivity contribution in [3.63, 3.8) is 0 Å². The van der Waals surface area contributed by atoms with Crippen molar-refractivity contribution in [2.75, 3.05) is 13.7 Å². The minimum Gasteiger partial charge on any atom is -0.467 e. The van der Waals surface area contributed by atoms with Crippen molar-refractivity contribution in [3.8, 4) is 0 Å². The Bertz CT molecular complexity index is 405. The lowest BCUT2D eigenvalue weighted by molar-refractivity contribution is -0.151. The number of nitrogens with one attached hydrogen (secondary N) is 1. The number of hydrogen-bond donors (Lipinski definition) is 2. The van der Waals surface area contributed by atoms with E-state index in [-0.39, 0.29) is 18.9 Å². The van der Waals surface area contributed by atoms with Crippen LogP contribution >= 0.6 is 0 Å². The highest BCUT2D eigenvalue weighted by Gasteiger charge is 2.43. The summed E-state index contributed by atoms with van der Waals surface area (Å²) in [5, 5.41) is 13.2. The third kappa shape index (κ3) is 3.36. The van der Waals surface area contributed by atoms with Crippen molar-refractivity contribution in [1.29, 1.82) is 5.53 Å². The Morgan fingerprint density at radius 3 is 2.63 bits per heavy atom. The normalized spacial score (nSPS) is 23.9. The number of aliphatic hydroxyl groups excluding tert-OH is 1. The summed E-state index contributed by atoms with van der Waals surface area (Å²) >= 11 is 0. The summed E-state index contributed by atoms with van der Waals surface area (Å²) in [6, 6.07) is -1.62. The third-order valence-electron chi connectivity index (χ3n) is 3.10. The first-order chi connectivity index (χ1) is 8.92. The van der Waals surface area contributed by atoms with Crippen LogP contribution in [-0.2, 0) is 14.3 Å². The van der Waals surface area contributed by atoms with Crippen molar-refractivity contribution in [2.45, 2.75) is 38.5 Å². The van der Waals surface area contributed by atoms with Gasteiger partial charge in [-0.1, -0.05) is 13.8 Å². The lowest BCUT2D eigenvalue weighted by Crippen LogP contribution is -2.47. The number of esters is 1. The number of amides is 1. The van der Waals surface area contributed by atoms with E-state index in [9.17, 15) is 14.7 Å². The second kappa shape index (κ2) is 6.40. The van der Waals surface area contributed by atoms with Crippen LogP contribution in [-0.4, -0.2) is 53.7 Å². The molecule has 0 spiro atoms. The maximum atomic E-state index is 12.3. The van der Waals surface area contributed by atoms with E-state index in [0.717, 1.165) is 0 Å². The summed E-state index contributed by atoms with van der Waals surface area (Å²) in [5.74, 6) is -1.13. The average Bonchev–Trinajstić information content (AvgIpc) is 2.76. The molecule has 0 aromatic rings. The van der Waals surface area contributed by atoms with Gasteiger partial charge in [-0.05, 0) is 5.92 Å². The first-order valence-electron chi connectivity index (χ1n) is 6.05. The Morgan fingerprint density at radius 2 is 2.16 bits per heavy atom. The van der Waals surface area contributed by atoms with Crippen LogP contribution < -0.4 is 4.91 Å². The van der Waals surface area contributed by atoms with E-state index in [2.05, 4.69) is 14.8 Å². The van der Waals surface area contributed by atoms with Gasteiger partial charge in [-0.25, -0.2) is 4.79 Å². The monoisotopic (exact) mass is 271 g/mol. The smallest absolute Gasteiger partial charge is 0.328 e. The number of β-amino-alcohol motifs (C(OH)–C–C–N with tert-alkyl or cyclic N) is 1. The van der Waals surface area contributed by atoms with E-state index in [4.69, 9.17) is 5.53 Å². The summed E-state index contributed by atoms with van der Waals surface area (Å²) in [6.45, 7) is 3.61. The van der Waals surface area contributed by atoms with E-state index >= 15 is 0 Å². The molecule has 1 aliphatic rings. The number of rotatable bonds is 4. The molecule has 0 bridgehead atoms. The molecule has 1 saturated heterocycles. The van der Waals surface area contributed by atoms with Crippen LogP contribution in [0.2, 0.25) is 0 Å². The Morgan fingerprint density at radius 1 is 1.53 bits per heavy atom. The maximum Gasteiger partial charge on any atom is 0.328 e. The first kappa shape index (κ1) is 15.3. The molecule has 8 nitrogen and oxygen atoms in total. The quantitative estimate of drug-likeness (QED) is 0.414. The van der Waals surface area contributed by atoms with E-state index in [1.165, 1.54) is 12.0 Å². The Balaban J connectivity index is 2.95. The van der Waals surface area contributed by atoms with E-state index < -0.39 is 30.1 Å². The van der Waals surface area contributed by atoms with Gasteiger partial charge in [0.05, 0.1) is 13.2 Å². The average molecular weight is 271 g/mol. The van der Waals surface area contributed by atoms with Gasteiger partial charge in [0.2, 0.25) is 11.0 Å². The Labute approximate surface area is 111 Å². The molecule has 1 fully saturated rings. The largest absolute Gasteiger partial charge is 0.467 e. The minimum absolute atomic E-state index is 0.0648. The molecule has 1 rings (SSSR count). The number of aliphatic hydroxyl groups is 1. The molecule has 0 unspecified atom stereocenters. The lowest BCUT2D eigenvalue weighted by atomic mass is 10.0. The standard InChI is InChI=1S/C11H19N4O4/c1-6(2)9(13-14-12)10(17)15-5-7(16)4-8(15)11(18)19-3/h6-9,12,16H,4-5H2,1-3H3/q+1/t7-,8+,9+/m1/s1. The van der Waals surface area contributed by atoms with Crippen LogP contribution in [0, 0.1) is 11.4 Å². The molecule has 0 aromatic carbocycles. The fourth-order valence-electron chi connectivity index (χ4n) is 2.12. The minimum atomic E-state index is -0.824. The molecular weight excluding hydrogens is 252 g/mol. The molecule has 19 heavy (non-hydrogen) atoms. The predicted octanol–water partition coefficient (Wildman–Crippen LogP) is -0.304. The zero-order chi connectivity index (χ0) is 14.6. The zero-order valence-electron chi connectivity index (χ0n) is 11.2.